The van der Waals surface area contributed by atoms with Crippen LogP contribution in [0.1, 0.15) is 47.0 Å². The van der Waals surface area contributed by atoms with Gasteiger partial charge in [-0.3, -0.25) is 0 Å². The SMILES string of the molecule is CC.CC.CN1CCN(CC2CCC2)CC1. The van der Waals surface area contributed by atoms with Crippen molar-refractivity contribution in [2.45, 2.75) is 47.0 Å². The van der Waals surface area contributed by atoms with Crippen molar-refractivity contribution in [3.05, 3.63) is 0 Å². The van der Waals surface area contributed by atoms with Crippen molar-refractivity contribution in [1.29, 1.82) is 0 Å². The molecule has 0 spiro atoms. The van der Waals surface area contributed by atoms with E-state index in [0.717, 1.165) is 5.92 Å². The first-order valence-corrected chi connectivity index (χ1v) is 7.25. The molecule has 98 valence electrons. The summed E-state index contributed by atoms with van der Waals surface area (Å²) in [6.07, 6.45) is 4.47. The molecule has 0 amide bonds. The van der Waals surface area contributed by atoms with Gasteiger partial charge in [-0.25, -0.2) is 0 Å². The highest BCUT2D eigenvalue weighted by molar-refractivity contribution is 4.77. The van der Waals surface area contributed by atoms with Crippen molar-refractivity contribution >= 4 is 0 Å². The van der Waals surface area contributed by atoms with Crippen LogP contribution in [0.3, 0.4) is 0 Å². The van der Waals surface area contributed by atoms with Gasteiger partial charge in [-0.15, -0.1) is 0 Å². The smallest absolute Gasteiger partial charge is 0.0110 e. The van der Waals surface area contributed by atoms with Crippen LogP contribution < -0.4 is 0 Å². The van der Waals surface area contributed by atoms with Crippen molar-refractivity contribution in [3.8, 4) is 0 Å². The lowest BCUT2D eigenvalue weighted by Gasteiger charge is -2.37. The molecule has 2 nitrogen and oxygen atoms in total. The summed E-state index contributed by atoms with van der Waals surface area (Å²) in [6.45, 7) is 14.5. The molecule has 2 rings (SSSR count). The number of likely N-dealkylation sites (N-methyl/N-ethyl adjacent to an activating group) is 1. The third-order valence-electron chi connectivity index (χ3n) is 3.34. The van der Waals surface area contributed by atoms with Crippen molar-refractivity contribution in [3.63, 3.8) is 0 Å². The Balaban J connectivity index is 0.000000509. The van der Waals surface area contributed by atoms with Gasteiger partial charge in [-0.1, -0.05) is 34.1 Å². The van der Waals surface area contributed by atoms with Gasteiger partial charge in [0.25, 0.3) is 0 Å². The Morgan fingerprint density at radius 2 is 1.38 bits per heavy atom. The minimum Gasteiger partial charge on any atom is -0.304 e. The zero-order valence-corrected chi connectivity index (χ0v) is 12.1. The standard InChI is InChI=1S/C10H20N2.2C2H6/c1-11-5-7-12(8-6-11)9-10-3-2-4-10;2*1-2/h10H,2-9H2,1H3;2*1-2H3. The van der Waals surface area contributed by atoms with Crippen molar-refractivity contribution in [2.24, 2.45) is 5.92 Å². The van der Waals surface area contributed by atoms with Crippen LogP contribution in [0.4, 0.5) is 0 Å². The van der Waals surface area contributed by atoms with E-state index in [0.29, 0.717) is 0 Å². The van der Waals surface area contributed by atoms with Crippen LogP contribution >= 0.6 is 0 Å². The number of hydrogen-bond donors (Lipinski definition) is 0. The zero-order chi connectivity index (χ0) is 12.4. The first-order chi connectivity index (χ1) is 7.84. The molecule has 2 aliphatic rings. The molecule has 0 unspecified atom stereocenters. The second-order valence-electron chi connectivity index (χ2n) is 4.40. The average molecular weight is 228 g/mol. The van der Waals surface area contributed by atoms with Crippen LogP contribution in [-0.4, -0.2) is 49.6 Å². The summed E-state index contributed by atoms with van der Waals surface area (Å²) in [7, 11) is 2.22. The summed E-state index contributed by atoms with van der Waals surface area (Å²) in [5.74, 6) is 1.05. The van der Waals surface area contributed by atoms with Gasteiger partial charge in [0.1, 0.15) is 0 Å². The largest absolute Gasteiger partial charge is 0.304 e. The molecule has 1 saturated carbocycles. The fourth-order valence-electron chi connectivity index (χ4n) is 2.07. The first kappa shape index (κ1) is 15.9. The minimum absolute atomic E-state index is 1.05. The van der Waals surface area contributed by atoms with Gasteiger partial charge in [0.05, 0.1) is 0 Å². The quantitative estimate of drug-likeness (QED) is 0.716. The summed E-state index contributed by atoms with van der Waals surface area (Å²) in [5.41, 5.74) is 0. The van der Waals surface area contributed by atoms with Gasteiger partial charge < -0.3 is 9.80 Å². The molecular formula is C14H32N2. The molecule has 0 N–H and O–H groups in total. The van der Waals surface area contributed by atoms with E-state index in [-0.39, 0.29) is 0 Å². The topological polar surface area (TPSA) is 6.48 Å². The van der Waals surface area contributed by atoms with Crippen molar-refractivity contribution in [1.82, 2.24) is 9.80 Å². The second-order valence-corrected chi connectivity index (χ2v) is 4.40. The van der Waals surface area contributed by atoms with E-state index in [9.17, 15) is 0 Å². The number of rotatable bonds is 2. The normalized spacial score (nSPS) is 22.3. The Morgan fingerprint density at radius 3 is 1.75 bits per heavy atom. The zero-order valence-electron chi connectivity index (χ0n) is 12.1. The fourth-order valence-corrected chi connectivity index (χ4v) is 2.07. The van der Waals surface area contributed by atoms with Gasteiger partial charge in [0.2, 0.25) is 0 Å². The van der Waals surface area contributed by atoms with E-state index in [4.69, 9.17) is 0 Å². The maximum absolute atomic E-state index is 2.64. The average Bonchev–Trinajstić information content (AvgIpc) is 2.31. The monoisotopic (exact) mass is 228 g/mol. The maximum atomic E-state index is 2.64. The third-order valence-corrected chi connectivity index (χ3v) is 3.34. The summed E-state index contributed by atoms with van der Waals surface area (Å²) >= 11 is 0. The van der Waals surface area contributed by atoms with Crippen molar-refractivity contribution < 1.29 is 0 Å². The molecule has 2 heteroatoms. The lowest BCUT2D eigenvalue weighted by Crippen LogP contribution is -2.46. The van der Waals surface area contributed by atoms with Crippen LogP contribution in [0.15, 0.2) is 0 Å². The van der Waals surface area contributed by atoms with E-state index >= 15 is 0 Å². The molecule has 1 heterocycles. The highest BCUT2D eigenvalue weighted by atomic mass is 15.2. The van der Waals surface area contributed by atoms with E-state index in [1.165, 1.54) is 52.0 Å². The summed E-state index contributed by atoms with van der Waals surface area (Å²) in [5, 5.41) is 0. The highest BCUT2D eigenvalue weighted by Crippen LogP contribution is 2.27. The number of nitrogens with zero attached hydrogens (tertiary/aromatic N) is 2. The Hall–Kier alpha value is -0.0800. The predicted molar refractivity (Wildman–Crippen MR) is 74.0 cm³/mol. The van der Waals surface area contributed by atoms with Crippen LogP contribution in [0.25, 0.3) is 0 Å². The van der Waals surface area contributed by atoms with E-state index < -0.39 is 0 Å². The molecule has 0 aromatic rings. The fraction of sp³-hybridized carbons (Fsp3) is 1.00. The lowest BCUT2D eigenvalue weighted by atomic mass is 9.85. The van der Waals surface area contributed by atoms with Crippen LogP contribution in [0.2, 0.25) is 0 Å². The van der Waals surface area contributed by atoms with E-state index in [2.05, 4.69) is 16.8 Å². The second kappa shape index (κ2) is 10.1. The lowest BCUT2D eigenvalue weighted by molar-refractivity contribution is 0.114. The first-order valence-electron chi connectivity index (χ1n) is 7.25. The van der Waals surface area contributed by atoms with Crippen molar-refractivity contribution in [2.75, 3.05) is 39.8 Å². The molecule has 0 aromatic carbocycles. The number of hydrogen-bond acceptors (Lipinski definition) is 2. The predicted octanol–water partition coefficient (Wildman–Crippen LogP) is 3.09. The van der Waals surface area contributed by atoms with Gasteiger partial charge in [0.15, 0.2) is 0 Å². The summed E-state index contributed by atoms with van der Waals surface area (Å²) < 4.78 is 0. The minimum atomic E-state index is 1.05. The summed E-state index contributed by atoms with van der Waals surface area (Å²) in [6, 6.07) is 0. The molecule has 1 aliphatic carbocycles. The number of piperazine rings is 1. The molecule has 0 aromatic heterocycles. The third kappa shape index (κ3) is 5.86. The van der Waals surface area contributed by atoms with Crippen LogP contribution in [0, 0.1) is 5.92 Å². The Morgan fingerprint density at radius 1 is 0.875 bits per heavy atom. The summed E-state index contributed by atoms with van der Waals surface area (Å²) in [4.78, 5) is 5.07. The van der Waals surface area contributed by atoms with E-state index in [1.807, 2.05) is 27.7 Å². The highest BCUT2D eigenvalue weighted by Gasteiger charge is 2.22. The van der Waals surface area contributed by atoms with Gasteiger partial charge >= 0.3 is 0 Å². The van der Waals surface area contributed by atoms with Crippen LogP contribution in [-0.2, 0) is 0 Å². The molecule has 1 aliphatic heterocycles. The molecule has 0 atom stereocenters. The molecule has 0 bridgehead atoms. The molecule has 16 heavy (non-hydrogen) atoms. The molecule has 2 fully saturated rings. The maximum Gasteiger partial charge on any atom is 0.0110 e. The van der Waals surface area contributed by atoms with Gasteiger partial charge in [-0.05, 0) is 25.8 Å². The Kier molecular flexibility index (Phi) is 10.0. The molecular weight excluding hydrogens is 196 g/mol. The van der Waals surface area contributed by atoms with Gasteiger partial charge in [-0.2, -0.15) is 0 Å². The van der Waals surface area contributed by atoms with E-state index in [1.54, 1.807) is 0 Å². The molecule has 0 radical (unpaired) electrons. The van der Waals surface area contributed by atoms with Crippen LogP contribution in [0.5, 0.6) is 0 Å². The van der Waals surface area contributed by atoms with Gasteiger partial charge in [0, 0.05) is 32.7 Å². The Bertz CT molecular complexity index is 136. The molecule has 1 saturated heterocycles. The Labute approximate surface area is 103 Å².